The molecule has 0 saturated heterocycles. The third kappa shape index (κ3) is 2.59. The van der Waals surface area contributed by atoms with Crippen molar-refractivity contribution in [3.63, 3.8) is 0 Å². The van der Waals surface area contributed by atoms with Gasteiger partial charge in [-0.05, 0) is 19.4 Å². The number of imidazole rings is 1. The highest BCUT2D eigenvalue weighted by molar-refractivity contribution is 5.70. The van der Waals surface area contributed by atoms with E-state index < -0.39 is 0 Å². The lowest BCUT2D eigenvalue weighted by Crippen LogP contribution is -2.13. The molecule has 94 valence electrons. The van der Waals surface area contributed by atoms with Crippen LogP contribution in [0.25, 0.3) is 11.4 Å². The van der Waals surface area contributed by atoms with Gasteiger partial charge in [0.1, 0.15) is 12.4 Å². The van der Waals surface area contributed by atoms with Gasteiger partial charge in [0.05, 0.1) is 6.61 Å². The van der Waals surface area contributed by atoms with Crippen LogP contribution in [0, 0.1) is 6.92 Å². The number of aromatic nitrogens is 2. The Morgan fingerprint density at radius 2 is 2.17 bits per heavy atom. The minimum atomic E-state index is -0.245. The Bertz CT molecular complexity index is 546. The summed E-state index contributed by atoms with van der Waals surface area (Å²) in [5, 5.41) is 0. The molecule has 4 heteroatoms. The summed E-state index contributed by atoms with van der Waals surface area (Å²) in [6.07, 6.45) is 3.49. The van der Waals surface area contributed by atoms with Crippen molar-refractivity contribution < 1.29 is 9.53 Å². The lowest BCUT2D eigenvalue weighted by molar-refractivity contribution is -0.143. The summed E-state index contributed by atoms with van der Waals surface area (Å²) in [4.78, 5) is 15.8. The maximum atomic E-state index is 11.5. The number of hydrogen-bond donors (Lipinski definition) is 0. The molecule has 0 aliphatic rings. The molecule has 0 amide bonds. The predicted molar refractivity (Wildman–Crippen MR) is 69.0 cm³/mol. The first-order valence-corrected chi connectivity index (χ1v) is 5.95. The average Bonchev–Trinajstić information content (AvgIpc) is 2.78. The molecule has 0 bridgehead atoms. The van der Waals surface area contributed by atoms with Gasteiger partial charge in [-0.2, -0.15) is 0 Å². The molecule has 0 aliphatic carbocycles. The van der Waals surface area contributed by atoms with E-state index in [1.165, 1.54) is 0 Å². The van der Waals surface area contributed by atoms with Crippen LogP contribution < -0.4 is 0 Å². The fourth-order valence-corrected chi connectivity index (χ4v) is 1.85. The number of rotatable bonds is 4. The van der Waals surface area contributed by atoms with Crippen molar-refractivity contribution in [1.29, 1.82) is 0 Å². The molecule has 0 fully saturated rings. The fraction of sp³-hybridized carbons (Fsp3) is 0.286. The van der Waals surface area contributed by atoms with Gasteiger partial charge < -0.3 is 9.30 Å². The van der Waals surface area contributed by atoms with E-state index in [0.717, 1.165) is 17.0 Å². The number of carbonyl (C=O) groups is 1. The molecular weight excluding hydrogens is 228 g/mol. The standard InChI is InChI=1S/C14H16N2O2/c1-3-18-13(17)10-16-9-8-15-14(16)12-7-5-4-6-11(12)2/h4-9H,3,10H2,1-2H3. The van der Waals surface area contributed by atoms with E-state index >= 15 is 0 Å². The molecule has 0 N–H and O–H groups in total. The summed E-state index contributed by atoms with van der Waals surface area (Å²) < 4.78 is 6.75. The second kappa shape index (κ2) is 5.49. The van der Waals surface area contributed by atoms with E-state index in [9.17, 15) is 4.79 Å². The van der Waals surface area contributed by atoms with Crippen LogP contribution in [0.2, 0.25) is 0 Å². The molecular formula is C14H16N2O2. The van der Waals surface area contributed by atoms with Gasteiger partial charge >= 0.3 is 5.97 Å². The highest BCUT2D eigenvalue weighted by Crippen LogP contribution is 2.21. The summed E-state index contributed by atoms with van der Waals surface area (Å²) >= 11 is 0. The summed E-state index contributed by atoms with van der Waals surface area (Å²) in [5.74, 6) is 0.548. The van der Waals surface area contributed by atoms with Crippen molar-refractivity contribution in [2.75, 3.05) is 6.61 Å². The van der Waals surface area contributed by atoms with Gasteiger partial charge in [-0.3, -0.25) is 4.79 Å². The summed E-state index contributed by atoms with van der Waals surface area (Å²) in [6, 6.07) is 7.97. The zero-order chi connectivity index (χ0) is 13.0. The van der Waals surface area contributed by atoms with Crippen LogP contribution >= 0.6 is 0 Å². The smallest absolute Gasteiger partial charge is 0.325 e. The largest absolute Gasteiger partial charge is 0.465 e. The maximum absolute atomic E-state index is 11.5. The monoisotopic (exact) mass is 244 g/mol. The van der Waals surface area contributed by atoms with Crippen molar-refractivity contribution in [3.05, 3.63) is 42.2 Å². The van der Waals surface area contributed by atoms with E-state index in [-0.39, 0.29) is 12.5 Å². The number of nitrogens with zero attached hydrogens (tertiary/aromatic N) is 2. The van der Waals surface area contributed by atoms with Gasteiger partial charge in [0.15, 0.2) is 0 Å². The highest BCUT2D eigenvalue weighted by atomic mass is 16.5. The van der Waals surface area contributed by atoms with Gasteiger partial charge in [-0.15, -0.1) is 0 Å². The Balaban J connectivity index is 2.28. The fourth-order valence-electron chi connectivity index (χ4n) is 1.85. The van der Waals surface area contributed by atoms with Gasteiger partial charge in [-0.1, -0.05) is 24.3 Å². The second-order valence-corrected chi connectivity index (χ2v) is 4.00. The Morgan fingerprint density at radius 1 is 1.39 bits per heavy atom. The van der Waals surface area contributed by atoms with Crippen molar-refractivity contribution in [2.24, 2.45) is 0 Å². The molecule has 1 aromatic heterocycles. The van der Waals surface area contributed by atoms with E-state index in [1.807, 2.05) is 31.2 Å². The molecule has 1 heterocycles. The van der Waals surface area contributed by atoms with Crippen LogP contribution in [0.15, 0.2) is 36.7 Å². The Hall–Kier alpha value is -2.10. The molecule has 4 nitrogen and oxygen atoms in total. The van der Waals surface area contributed by atoms with Gasteiger partial charge in [0.2, 0.25) is 0 Å². The topological polar surface area (TPSA) is 44.1 Å². The van der Waals surface area contributed by atoms with Crippen molar-refractivity contribution in [1.82, 2.24) is 9.55 Å². The third-order valence-corrected chi connectivity index (χ3v) is 2.71. The predicted octanol–water partition coefficient (Wildman–Crippen LogP) is 2.42. The van der Waals surface area contributed by atoms with Crippen molar-refractivity contribution in [2.45, 2.75) is 20.4 Å². The molecule has 0 aliphatic heterocycles. The quantitative estimate of drug-likeness (QED) is 0.776. The van der Waals surface area contributed by atoms with Crippen LogP contribution in [0.3, 0.4) is 0 Å². The van der Waals surface area contributed by atoms with Crippen LogP contribution in [-0.2, 0) is 16.1 Å². The van der Waals surface area contributed by atoms with Crippen LogP contribution in [0.1, 0.15) is 12.5 Å². The molecule has 1 aromatic carbocycles. The van der Waals surface area contributed by atoms with Crippen LogP contribution in [0.4, 0.5) is 0 Å². The highest BCUT2D eigenvalue weighted by Gasteiger charge is 2.11. The minimum absolute atomic E-state index is 0.192. The summed E-state index contributed by atoms with van der Waals surface area (Å²) in [6.45, 7) is 4.41. The summed E-state index contributed by atoms with van der Waals surface area (Å²) in [7, 11) is 0. The normalized spacial score (nSPS) is 10.3. The molecule has 2 rings (SSSR count). The van der Waals surface area contributed by atoms with E-state index in [2.05, 4.69) is 4.98 Å². The average molecular weight is 244 g/mol. The Labute approximate surface area is 106 Å². The minimum Gasteiger partial charge on any atom is -0.465 e. The van der Waals surface area contributed by atoms with Crippen LogP contribution in [-0.4, -0.2) is 22.1 Å². The van der Waals surface area contributed by atoms with Crippen molar-refractivity contribution in [3.8, 4) is 11.4 Å². The second-order valence-electron chi connectivity index (χ2n) is 4.00. The number of hydrogen-bond acceptors (Lipinski definition) is 3. The summed E-state index contributed by atoms with van der Waals surface area (Å²) in [5.41, 5.74) is 2.17. The SMILES string of the molecule is CCOC(=O)Cn1ccnc1-c1ccccc1C. The first kappa shape index (κ1) is 12.4. The molecule has 18 heavy (non-hydrogen) atoms. The molecule has 0 unspecified atom stereocenters. The van der Waals surface area contributed by atoms with Crippen molar-refractivity contribution >= 4 is 5.97 Å². The van der Waals surface area contributed by atoms with Gasteiger partial charge in [0, 0.05) is 18.0 Å². The number of benzene rings is 1. The first-order chi connectivity index (χ1) is 8.72. The van der Waals surface area contributed by atoms with E-state index in [0.29, 0.717) is 6.61 Å². The number of aryl methyl sites for hydroxylation is 1. The van der Waals surface area contributed by atoms with Gasteiger partial charge in [-0.25, -0.2) is 4.98 Å². The van der Waals surface area contributed by atoms with Crippen LogP contribution in [0.5, 0.6) is 0 Å². The lowest BCUT2D eigenvalue weighted by atomic mass is 10.1. The van der Waals surface area contributed by atoms with E-state index in [1.54, 1.807) is 23.9 Å². The maximum Gasteiger partial charge on any atom is 0.325 e. The lowest BCUT2D eigenvalue weighted by Gasteiger charge is -2.09. The number of ether oxygens (including phenoxy) is 1. The molecule has 0 saturated carbocycles. The van der Waals surface area contributed by atoms with E-state index in [4.69, 9.17) is 4.74 Å². The molecule has 2 aromatic rings. The molecule has 0 radical (unpaired) electrons. The molecule has 0 spiro atoms. The third-order valence-electron chi connectivity index (χ3n) is 2.71. The Morgan fingerprint density at radius 3 is 2.89 bits per heavy atom. The zero-order valence-corrected chi connectivity index (χ0v) is 10.6. The molecule has 0 atom stereocenters. The van der Waals surface area contributed by atoms with Gasteiger partial charge in [0.25, 0.3) is 0 Å². The number of esters is 1. The Kier molecular flexibility index (Phi) is 3.77. The zero-order valence-electron chi connectivity index (χ0n) is 10.6. The first-order valence-electron chi connectivity index (χ1n) is 5.95. The number of carbonyl (C=O) groups excluding carboxylic acids is 1.